The Morgan fingerprint density at radius 1 is 1.24 bits per heavy atom. The summed E-state index contributed by atoms with van der Waals surface area (Å²) in [5.74, 6) is 1.52. The standard InChI is InChI=1S/C25H30N6O2/c1-16-12-30(23-5-4-18(10-21(16)23)19-11-26-28(3)13-19)25-22-14-29(17(2)32)8-6-24(22)31(27-25)20-7-9-33-15-20/h4-5,10-11,13,16,20H,6-9,12,14-15H2,1-3H3/t16-,20-/m1/s1. The number of fused-ring (bicyclic) bond motifs is 2. The molecule has 0 radical (unpaired) electrons. The van der Waals surface area contributed by atoms with Crippen LogP contribution in [0.25, 0.3) is 11.1 Å². The largest absolute Gasteiger partial charge is 0.379 e. The van der Waals surface area contributed by atoms with Crippen molar-refractivity contribution in [3.05, 3.63) is 47.4 Å². The number of carbonyl (C=O) groups is 1. The predicted octanol–water partition coefficient (Wildman–Crippen LogP) is 3.40. The third-order valence-electron chi connectivity index (χ3n) is 7.36. The Labute approximate surface area is 193 Å². The average molecular weight is 447 g/mol. The van der Waals surface area contributed by atoms with E-state index in [1.54, 1.807) is 6.92 Å². The van der Waals surface area contributed by atoms with E-state index in [2.05, 4.69) is 46.0 Å². The molecular formula is C25H30N6O2. The first-order chi connectivity index (χ1) is 16.0. The number of ether oxygens (including phenoxy) is 1. The van der Waals surface area contributed by atoms with Crippen LogP contribution < -0.4 is 4.90 Å². The van der Waals surface area contributed by atoms with Crippen LogP contribution in [0, 0.1) is 0 Å². The van der Waals surface area contributed by atoms with Crippen molar-refractivity contribution in [3.8, 4) is 11.1 Å². The third-order valence-corrected chi connectivity index (χ3v) is 7.36. The highest BCUT2D eigenvalue weighted by Crippen LogP contribution is 2.45. The van der Waals surface area contributed by atoms with Gasteiger partial charge in [0.25, 0.3) is 0 Å². The number of hydrogen-bond acceptors (Lipinski definition) is 5. The molecule has 1 saturated heterocycles. The lowest BCUT2D eigenvalue weighted by molar-refractivity contribution is -0.129. The van der Waals surface area contributed by atoms with Crippen LogP contribution in [0.4, 0.5) is 11.5 Å². The number of anilines is 2. The molecule has 1 amide bonds. The normalized spacial score (nSPS) is 22.0. The van der Waals surface area contributed by atoms with Crippen molar-refractivity contribution in [2.45, 2.75) is 45.2 Å². The van der Waals surface area contributed by atoms with Gasteiger partial charge in [-0.3, -0.25) is 14.2 Å². The fraction of sp³-hybridized carbons (Fsp3) is 0.480. The summed E-state index contributed by atoms with van der Waals surface area (Å²) in [5.41, 5.74) is 7.33. The Morgan fingerprint density at radius 3 is 2.85 bits per heavy atom. The number of hydrogen-bond donors (Lipinski definition) is 0. The molecule has 0 N–H and O–H groups in total. The maximum atomic E-state index is 12.2. The molecule has 33 heavy (non-hydrogen) atoms. The molecular weight excluding hydrogens is 416 g/mol. The van der Waals surface area contributed by atoms with Crippen LogP contribution in [0.2, 0.25) is 0 Å². The number of carbonyl (C=O) groups excluding carboxylic acids is 1. The second kappa shape index (κ2) is 7.73. The second-order valence-electron chi connectivity index (χ2n) is 9.59. The summed E-state index contributed by atoms with van der Waals surface area (Å²) >= 11 is 0. The SMILES string of the molecule is CC(=O)N1CCc2c(c(N3C[C@@H](C)c4cc(-c5cnn(C)c5)ccc43)nn2[C@@H]2CCOC2)C1. The molecule has 172 valence electrons. The van der Waals surface area contributed by atoms with E-state index >= 15 is 0 Å². The molecule has 3 aliphatic heterocycles. The maximum absolute atomic E-state index is 12.2. The third kappa shape index (κ3) is 3.35. The Kier molecular flexibility index (Phi) is 4.79. The molecule has 0 aliphatic carbocycles. The molecule has 2 atom stereocenters. The minimum Gasteiger partial charge on any atom is -0.379 e. The molecule has 0 spiro atoms. The Balaban J connectivity index is 1.42. The van der Waals surface area contributed by atoms with E-state index < -0.39 is 0 Å². The fourth-order valence-electron chi connectivity index (χ4n) is 5.55. The smallest absolute Gasteiger partial charge is 0.219 e. The van der Waals surface area contributed by atoms with E-state index in [-0.39, 0.29) is 11.9 Å². The zero-order chi connectivity index (χ0) is 22.7. The zero-order valence-corrected chi connectivity index (χ0v) is 19.5. The minimum atomic E-state index is 0.125. The van der Waals surface area contributed by atoms with Crippen LogP contribution in [-0.4, -0.2) is 56.7 Å². The number of rotatable bonds is 3. The van der Waals surface area contributed by atoms with Gasteiger partial charge in [0.2, 0.25) is 5.91 Å². The summed E-state index contributed by atoms with van der Waals surface area (Å²) in [6.45, 7) is 7.70. The monoisotopic (exact) mass is 446 g/mol. The van der Waals surface area contributed by atoms with Crippen molar-refractivity contribution in [2.24, 2.45) is 7.05 Å². The van der Waals surface area contributed by atoms with Crippen molar-refractivity contribution in [1.29, 1.82) is 0 Å². The van der Waals surface area contributed by atoms with E-state index in [9.17, 15) is 4.79 Å². The van der Waals surface area contributed by atoms with Gasteiger partial charge >= 0.3 is 0 Å². The number of aromatic nitrogens is 4. The molecule has 0 saturated carbocycles. The average Bonchev–Trinajstić information content (AvgIpc) is 3.59. The van der Waals surface area contributed by atoms with Crippen molar-refractivity contribution in [3.63, 3.8) is 0 Å². The van der Waals surface area contributed by atoms with Gasteiger partial charge in [-0.25, -0.2) is 0 Å². The summed E-state index contributed by atoms with van der Waals surface area (Å²) in [4.78, 5) is 16.5. The lowest BCUT2D eigenvalue weighted by Gasteiger charge is -2.28. The minimum absolute atomic E-state index is 0.125. The summed E-state index contributed by atoms with van der Waals surface area (Å²) in [5, 5.41) is 9.51. The van der Waals surface area contributed by atoms with E-state index in [1.165, 1.54) is 28.1 Å². The molecule has 6 rings (SSSR count). The molecule has 5 heterocycles. The van der Waals surface area contributed by atoms with E-state index in [0.29, 0.717) is 19.1 Å². The Morgan fingerprint density at radius 2 is 2.12 bits per heavy atom. The first-order valence-corrected chi connectivity index (χ1v) is 11.8. The number of amides is 1. The predicted molar refractivity (Wildman–Crippen MR) is 126 cm³/mol. The Hall–Kier alpha value is -3.13. The highest BCUT2D eigenvalue weighted by atomic mass is 16.5. The van der Waals surface area contributed by atoms with Gasteiger partial charge in [0.15, 0.2) is 5.82 Å². The molecule has 0 bridgehead atoms. The van der Waals surface area contributed by atoms with E-state index in [0.717, 1.165) is 43.9 Å². The van der Waals surface area contributed by atoms with Crippen LogP contribution in [-0.2, 0) is 29.5 Å². The van der Waals surface area contributed by atoms with Gasteiger partial charge in [-0.15, -0.1) is 0 Å². The molecule has 1 aromatic carbocycles. The van der Waals surface area contributed by atoms with Gasteiger partial charge in [0, 0.05) is 74.7 Å². The number of aryl methyl sites for hydroxylation is 1. The van der Waals surface area contributed by atoms with Gasteiger partial charge in [-0.2, -0.15) is 10.2 Å². The van der Waals surface area contributed by atoms with Crippen LogP contribution in [0.1, 0.15) is 49.0 Å². The number of nitrogens with zero attached hydrogens (tertiary/aromatic N) is 6. The van der Waals surface area contributed by atoms with Crippen molar-refractivity contribution in [1.82, 2.24) is 24.5 Å². The quantitative estimate of drug-likeness (QED) is 0.617. The molecule has 3 aliphatic rings. The van der Waals surface area contributed by atoms with Crippen LogP contribution >= 0.6 is 0 Å². The highest BCUT2D eigenvalue weighted by molar-refractivity contribution is 5.77. The maximum Gasteiger partial charge on any atom is 0.219 e. The zero-order valence-electron chi connectivity index (χ0n) is 19.5. The summed E-state index contributed by atoms with van der Waals surface area (Å²) < 4.78 is 9.73. The molecule has 2 aromatic heterocycles. The van der Waals surface area contributed by atoms with Crippen LogP contribution in [0.3, 0.4) is 0 Å². The van der Waals surface area contributed by atoms with Gasteiger partial charge in [-0.05, 0) is 29.7 Å². The summed E-state index contributed by atoms with van der Waals surface area (Å²) in [6.07, 6.45) is 5.80. The fourth-order valence-corrected chi connectivity index (χ4v) is 5.55. The second-order valence-corrected chi connectivity index (χ2v) is 9.59. The summed E-state index contributed by atoms with van der Waals surface area (Å²) in [6, 6.07) is 6.98. The van der Waals surface area contributed by atoms with E-state index in [4.69, 9.17) is 9.84 Å². The lowest BCUT2D eigenvalue weighted by Crippen LogP contribution is -2.35. The lowest BCUT2D eigenvalue weighted by atomic mass is 9.99. The van der Waals surface area contributed by atoms with Crippen molar-refractivity contribution >= 4 is 17.4 Å². The van der Waals surface area contributed by atoms with Crippen LogP contribution in [0.15, 0.2) is 30.6 Å². The van der Waals surface area contributed by atoms with Gasteiger partial charge < -0.3 is 14.5 Å². The van der Waals surface area contributed by atoms with Crippen molar-refractivity contribution < 1.29 is 9.53 Å². The first-order valence-electron chi connectivity index (χ1n) is 11.8. The van der Waals surface area contributed by atoms with Crippen molar-refractivity contribution in [2.75, 3.05) is 31.2 Å². The van der Waals surface area contributed by atoms with Gasteiger partial charge in [0.1, 0.15) is 0 Å². The molecule has 1 fully saturated rings. The van der Waals surface area contributed by atoms with Crippen LogP contribution in [0.5, 0.6) is 0 Å². The molecule has 0 unspecified atom stereocenters. The Bertz CT molecular complexity index is 1220. The molecule has 3 aromatic rings. The first kappa shape index (κ1) is 20.5. The van der Waals surface area contributed by atoms with E-state index in [1.807, 2.05) is 22.8 Å². The number of benzene rings is 1. The van der Waals surface area contributed by atoms with Gasteiger partial charge in [0.05, 0.1) is 25.4 Å². The topological polar surface area (TPSA) is 68.4 Å². The molecule has 8 nitrogen and oxygen atoms in total. The molecule has 8 heteroatoms. The van der Waals surface area contributed by atoms with Gasteiger partial charge in [-0.1, -0.05) is 13.0 Å². The highest BCUT2D eigenvalue weighted by Gasteiger charge is 2.36. The summed E-state index contributed by atoms with van der Waals surface area (Å²) in [7, 11) is 1.94.